The molecule has 0 spiro atoms. The molecule has 158 valence electrons. The maximum absolute atomic E-state index is 12.2. The van der Waals surface area contributed by atoms with Gasteiger partial charge in [0, 0.05) is 39.8 Å². The lowest BCUT2D eigenvalue weighted by Gasteiger charge is -2.42. The van der Waals surface area contributed by atoms with E-state index >= 15 is 0 Å². The van der Waals surface area contributed by atoms with Crippen LogP contribution in [0.15, 0.2) is 23.0 Å². The van der Waals surface area contributed by atoms with E-state index in [-0.39, 0.29) is 11.8 Å². The normalized spacial score (nSPS) is 23.2. The Morgan fingerprint density at radius 3 is 2.52 bits per heavy atom. The summed E-state index contributed by atoms with van der Waals surface area (Å²) in [5.74, 6) is 1.20. The van der Waals surface area contributed by atoms with Crippen LogP contribution < -0.4 is 5.69 Å². The van der Waals surface area contributed by atoms with Crippen molar-refractivity contribution in [3.63, 3.8) is 0 Å². The molecule has 4 rings (SSSR count). The van der Waals surface area contributed by atoms with Gasteiger partial charge in [0.15, 0.2) is 0 Å². The van der Waals surface area contributed by atoms with Gasteiger partial charge in [0.05, 0.1) is 11.0 Å². The lowest BCUT2D eigenvalue weighted by atomic mass is 9.71. The van der Waals surface area contributed by atoms with Crippen molar-refractivity contribution in [2.45, 2.75) is 45.1 Å². The fourth-order valence-corrected chi connectivity index (χ4v) is 4.61. The predicted octanol–water partition coefficient (Wildman–Crippen LogP) is 2.91. The quantitative estimate of drug-likeness (QED) is 0.860. The molecule has 2 aromatic rings. The minimum absolute atomic E-state index is 0.0498. The average Bonchev–Trinajstić information content (AvgIpc) is 2.91. The van der Waals surface area contributed by atoms with Gasteiger partial charge in [0.2, 0.25) is 0 Å². The summed E-state index contributed by atoms with van der Waals surface area (Å²) < 4.78 is 7.21. The molecule has 2 aliphatic rings. The number of carbonyl (C=O) groups is 1. The number of hydrogen-bond donors (Lipinski definition) is 1. The largest absolute Gasteiger partial charge is 0.444 e. The first kappa shape index (κ1) is 20.0. The van der Waals surface area contributed by atoms with Crippen molar-refractivity contribution >= 4 is 17.1 Å². The number of ether oxygens (including phenoxy) is 1. The van der Waals surface area contributed by atoms with Crippen molar-refractivity contribution in [3.05, 3.63) is 34.2 Å². The third-order valence-corrected chi connectivity index (χ3v) is 6.16. The van der Waals surface area contributed by atoms with E-state index in [2.05, 4.69) is 16.0 Å². The third-order valence-electron chi connectivity index (χ3n) is 6.16. The topological polar surface area (TPSA) is 70.6 Å². The summed E-state index contributed by atoms with van der Waals surface area (Å²) in [5.41, 5.74) is 2.77. The first-order valence-corrected chi connectivity index (χ1v) is 10.6. The van der Waals surface area contributed by atoms with Crippen LogP contribution in [0.3, 0.4) is 0 Å². The average molecular weight is 401 g/mol. The van der Waals surface area contributed by atoms with Gasteiger partial charge in [-0.3, -0.25) is 9.47 Å². The van der Waals surface area contributed by atoms with Gasteiger partial charge >= 0.3 is 11.8 Å². The van der Waals surface area contributed by atoms with E-state index in [0.717, 1.165) is 56.6 Å². The predicted molar refractivity (Wildman–Crippen MR) is 113 cm³/mol. The number of nitrogens with one attached hydrogen (secondary N) is 1. The van der Waals surface area contributed by atoms with Crippen LogP contribution in [0, 0.1) is 5.92 Å². The lowest BCUT2D eigenvalue weighted by molar-refractivity contribution is 0.0117. The van der Waals surface area contributed by atoms with Crippen LogP contribution in [0.5, 0.6) is 0 Å². The maximum atomic E-state index is 12.2. The van der Waals surface area contributed by atoms with E-state index in [0.29, 0.717) is 11.8 Å². The first-order chi connectivity index (χ1) is 13.7. The van der Waals surface area contributed by atoms with E-state index < -0.39 is 5.60 Å². The van der Waals surface area contributed by atoms with E-state index in [1.807, 2.05) is 44.9 Å². The number of imidazole rings is 1. The summed E-state index contributed by atoms with van der Waals surface area (Å²) in [6, 6.07) is 6.17. The molecule has 0 radical (unpaired) electrons. The molecule has 2 fully saturated rings. The van der Waals surface area contributed by atoms with Crippen LogP contribution in [-0.4, -0.2) is 63.8 Å². The number of nitrogens with zero attached hydrogens (tertiary/aromatic N) is 3. The highest BCUT2D eigenvalue weighted by Gasteiger charge is 2.34. The molecule has 1 saturated heterocycles. The summed E-state index contributed by atoms with van der Waals surface area (Å²) in [4.78, 5) is 31.4. The maximum Gasteiger partial charge on any atom is 0.410 e. The Hall–Kier alpha value is -2.28. The van der Waals surface area contributed by atoms with E-state index in [4.69, 9.17) is 4.74 Å². The smallest absolute Gasteiger partial charge is 0.410 e. The molecular formula is C22H32N4O3. The number of piperazine rings is 1. The molecule has 0 unspecified atom stereocenters. The fraction of sp³-hybridized carbons (Fsp3) is 0.636. The van der Waals surface area contributed by atoms with Gasteiger partial charge in [-0.15, -0.1) is 0 Å². The Labute approximate surface area is 171 Å². The highest BCUT2D eigenvalue weighted by molar-refractivity contribution is 5.79. The monoisotopic (exact) mass is 400 g/mol. The van der Waals surface area contributed by atoms with E-state index in [1.165, 1.54) is 5.56 Å². The van der Waals surface area contributed by atoms with Crippen LogP contribution in [0.2, 0.25) is 0 Å². The number of rotatable bonds is 3. The van der Waals surface area contributed by atoms with Crippen LogP contribution in [-0.2, 0) is 11.8 Å². The molecule has 1 aliphatic heterocycles. The number of aromatic nitrogens is 2. The minimum atomic E-state index is -0.443. The molecule has 1 amide bonds. The van der Waals surface area contributed by atoms with Gasteiger partial charge in [0.1, 0.15) is 5.60 Å². The van der Waals surface area contributed by atoms with Gasteiger partial charge in [-0.25, -0.2) is 9.59 Å². The Kier molecular flexibility index (Phi) is 5.19. The summed E-state index contributed by atoms with van der Waals surface area (Å²) in [7, 11) is 1.84. The summed E-state index contributed by atoms with van der Waals surface area (Å²) >= 11 is 0. The Balaban J connectivity index is 1.28. The Morgan fingerprint density at radius 1 is 1.17 bits per heavy atom. The molecule has 2 heterocycles. The fourth-order valence-electron chi connectivity index (χ4n) is 4.61. The number of H-pyrrole nitrogens is 1. The molecule has 29 heavy (non-hydrogen) atoms. The molecule has 1 N–H and O–H groups in total. The second-order valence-electron chi connectivity index (χ2n) is 9.53. The zero-order valence-corrected chi connectivity index (χ0v) is 17.9. The second kappa shape index (κ2) is 7.52. The SMILES string of the molecule is Cn1c(=O)[nH]c2cccc(C3CC(CN4CCN(C(=O)OC(C)(C)C)CC4)C3)c21. The molecule has 1 aromatic carbocycles. The molecule has 7 heteroatoms. The van der Waals surface area contributed by atoms with Gasteiger partial charge in [-0.2, -0.15) is 0 Å². The zero-order chi connectivity index (χ0) is 20.8. The van der Waals surface area contributed by atoms with Crippen molar-refractivity contribution in [1.82, 2.24) is 19.4 Å². The Morgan fingerprint density at radius 2 is 1.86 bits per heavy atom. The lowest BCUT2D eigenvalue weighted by Crippen LogP contribution is -2.51. The molecule has 1 saturated carbocycles. The molecule has 0 bridgehead atoms. The van der Waals surface area contributed by atoms with Crippen molar-refractivity contribution in [2.75, 3.05) is 32.7 Å². The number of aromatic amines is 1. The third kappa shape index (κ3) is 4.20. The number of hydrogen-bond acceptors (Lipinski definition) is 4. The Bertz CT molecular complexity index is 941. The van der Waals surface area contributed by atoms with Crippen LogP contribution in [0.4, 0.5) is 4.79 Å². The van der Waals surface area contributed by atoms with E-state index in [1.54, 1.807) is 4.57 Å². The van der Waals surface area contributed by atoms with Crippen molar-refractivity contribution in [1.29, 1.82) is 0 Å². The van der Waals surface area contributed by atoms with Crippen LogP contribution in [0.25, 0.3) is 11.0 Å². The summed E-state index contributed by atoms with van der Waals surface area (Å²) in [6.07, 6.45) is 2.11. The number of carbonyl (C=O) groups excluding carboxylic acids is 1. The van der Waals surface area contributed by atoms with Crippen LogP contribution >= 0.6 is 0 Å². The number of para-hydroxylation sites is 1. The summed E-state index contributed by atoms with van der Waals surface area (Å²) in [5, 5.41) is 0. The van der Waals surface area contributed by atoms with Crippen LogP contribution in [0.1, 0.15) is 45.1 Å². The standard InChI is InChI=1S/C22H32N4O3/c1-22(2,3)29-21(28)26-10-8-25(9-11-26)14-15-12-16(13-15)17-6-5-7-18-19(17)24(4)20(27)23-18/h5-7,15-16H,8-14H2,1-4H3,(H,23,27). The van der Waals surface area contributed by atoms with Crippen molar-refractivity contribution < 1.29 is 9.53 Å². The first-order valence-electron chi connectivity index (χ1n) is 10.6. The second-order valence-corrected chi connectivity index (χ2v) is 9.53. The number of fused-ring (bicyclic) bond motifs is 1. The number of amides is 1. The van der Waals surface area contributed by atoms with Gasteiger partial charge in [-0.1, -0.05) is 12.1 Å². The molecule has 1 aliphatic carbocycles. The van der Waals surface area contributed by atoms with Gasteiger partial charge in [-0.05, 0) is 57.1 Å². The molecule has 7 nitrogen and oxygen atoms in total. The summed E-state index contributed by atoms with van der Waals surface area (Å²) in [6.45, 7) is 10.1. The zero-order valence-electron chi connectivity index (χ0n) is 17.9. The molecule has 0 atom stereocenters. The van der Waals surface area contributed by atoms with E-state index in [9.17, 15) is 9.59 Å². The van der Waals surface area contributed by atoms with Gasteiger partial charge in [0.25, 0.3) is 0 Å². The van der Waals surface area contributed by atoms with Gasteiger partial charge < -0.3 is 14.6 Å². The van der Waals surface area contributed by atoms with Crippen molar-refractivity contribution in [3.8, 4) is 0 Å². The molecular weight excluding hydrogens is 368 g/mol. The highest BCUT2D eigenvalue weighted by atomic mass is 16.6. The highest BCUT2D eigenvalue weighted by Crippen LogP contribution is 2.43. The minimum Gasteiger partial charge on any atom is -0.444 e. The number of aryl methyl sites for hydroxylation is 1. The number of benzene rings is 1. The van der Waals surface area contributed by atoms with Crippen molar-refractivity contribution in [2.24, 2.45) is 13.0 Å². The molecule has 1 aromatic heterocycles.